The molecule has 0 amide bonds. The largest absolute Gasteiger partial charge is 0.393 e. The highest BCUT2D eigenvalue weighted by molar-refractivity contribution is 5.66. The summed E-state index contributed by atoms with van der Waals surface area (Å²) in [5, 5.41) is 0. The predicted molar refractivity (Wildman–Crippen MR) is 94.7 cm³/mol. The van der Waals surface area contributed by atoms with Crippen LogP contribution in [0.25, 0.3) is 16.9 Å². The molecule has 1 unspecified atom stereocenters. The van der Waals surface area contributed by atoms with Crippen LogP contribution in [0.4, 0.5) is 13.2 Å². The van der Waals surface area contributed by atoms with Crippen molar-refractivity contribution in [2.75, 3.05) is 13.1 Å². The number of pyridine rings is 1. The molecule has 0 radical (unpaired) electrons. The number of hydrogen-bond acceptors (Lipinski definition) is 2. The van der Waals surface area contributed by atoms with Crippen molar-refractivity contribution < 1.29 is 13.2 Å². The number of fused-ring (bicyclic) bond motifs is 1. The summed E-state index contributed by atoms with van der Waals surface area (Å²) in [6.07, 6.45) is -1.41. The van der Waals surface area contributed by atoms with Gasteiger partial charge in [-0.05, 0) is 31.5 Å². The number of alkyl halides is 3. The molecule has 26 heavy (non-hydrogen) atoms. The topological polar surface area (TPSA) is 20.5 Å². The Kier molecular flexibility index (Phi) is 4.44. The molecular weight excluding hydrogens is 339 g/mol. The molecule has 3 heterocycles. The van der Waals surface area contributed by atoms with Crippen molar-refractivity contribution >= 4 is 5.65 Å². The maximum Gasteiger partial charge on any atom is 0.393 e. The monoisotopic (exact) mass is 359 g/mol. The van der Waals surface area contributed by atoms with Gasteiger partial charge >= 0.3 is 6.18 Å². The summed E-state index contributed by atoms with van der Waals surface area (Å²) in [4.78, 5) is 6.64. The van der Waals surface area contributed by atoms with E-state index in [0.29, 0.717) is 19.5 Å². The number of hydrogen-bond donors (Lipinski definition) is 0. The molecule has 1 aliphatic heterocycles. The van der Waals surface area contributed by atoms with Crippen LogP contribution in [0.15, 0.2) is 54.7 Å². The fraction of sp³-hybridized carbons (Fsp3) is 0.350. The molecule has 3 aromatic rings. The summed E-state index contributed by atoms with van der Waals surface area (Å²) in [7, 11) is 0. The lowest BCUT2D eigenvalue weighted by Crippen LogP contribution is -2.41. The van der Waals surface area contributed by atoms with Gasteiger partial charge in [0.05, 0.1) is 17.3 Å². The first-order valence-electron chi connectivity index (χ1n) is 8.83. The lowest BCUT2D eigenvalue weighted by molar-refractivity contribution is -0.187. The zero-order valence-electron chi connectivity index (χ0n) is 14.3. The molecule has 2 aromatic heterocycles. The molecule has 0 spiro atoms. The van der Waals surface area contributed by atoms with Crippen molar-refractivity contribution in [3.8, 4) is 11.3 Å². The SMILES string of the molecule is FC(F)(F)C1CCCN(Cc2c(-c3ccccc3)nc3ccccn23)C1. The number of imidazole rings is 1. The van der Waals surface area contributed by atoms with Crippen LogP contribution < -0.4 is 0 Å². The van der Waals surface area contributed by atoms with Crippen LogP contribution in [0.3, 0.4) is 0 Å². The van der Waals surface area contributed by atoms with Gasteiger partial charge in [0.2, 0.25) is 0 Å². The van der Waals surface area contributed by atoms with Crippen molar-refractivity contribution in [1.82, 2.24) is 14.3 Å². The molecule has 6 heteroatoms. The first-order chi connectivity index (χ1) is 12.5. The zero-order valence-corrected chi connectivity index (χ0v) is 14.3. The molecular formula is C20H20F3N3. The second kappa shape index (κ2) is 6.76. The minimum absolute atomic E-state index is 0.0534. The van der Waals surface area contributed by atoms with Crippen molar-refractivity contribution in [3.05, 3.63) is 60.4 Å². The van der Waals surface area contributed by atoms with Crippen LogP contribution in [0, 0.1) is 5.92 Å². The van der Waals surface area contributed by atoms with Crippen molar-refractivity contribution in [1.29, 1.82) is 0 Å². The number of rotatable bonds is 3. The molecule has 0 bridgehead atoms. The van der Waals surface area contributed by atoms with Crippen LogP contribution in [0.2, 0.25) is 0 Å². The first-order valence-corrected chi connectivity index (χ1v) is 8.83. The van der Waals surface area contributed by atoms with E-state index in [-0.39, 0.29) is 13.0 Å². The van der Waals surface area contributed by atoms with Gasteiger partial charge in [0.1, 0.15) is 5.65 Å². The van der Waals surface area contributed by atoms with Gasteiger partial charge in [0.25, 0.3) is 0 Å². The highest BCUT2D eigenvalue weighted by atomic mass is 19.4. The van der Waals surface area contributed by atoms with Gasteiger partial charge < -0.3 is 4.40 Å². The van der Waals surface area contributed by atoms with Gasteiger partial charge in [-0.25, -0.2) is 4.98 Å². The summed E-state index contributed by atoms with van der Waals surface area (Å²) in [5.41, 5.74) is 3.57. The zero-order chi connectivity index (χ0) is 18.1. The van der Waals surface area contributed by atoms with Gasteiger partial charge in [-0.2, -0.15) is 13.2 Å². The van der Waals surface area contributed by atoms with Crippen LogP contribution in [0.1, 0.15) is 18.5 Å². The minimum atomic E-state index is -4.12. The number of benzene rings is 1. The number of nitrogens with zero attached hydrogens (tertiary/aromatic N) is 3. The Morgan fingerprint density at radius 3 is 2.58 bits per heavy atom. The average Bonchev–Trinajstić information content (AvgIpc) is 3.01. The smallest absolute Gasteiger partial charge is 0.302 e. The second-order valence-corrected chi connectivity index (χ2v) is 6.82. The average molecular weight is 359 g/mol. The van der Waals surface area contributed by atoms with Gasteiger partial charge in [-0.1, -0.05) is 36.4 Å². The van der Waals surface area contributed by atoms with Crippen molar-refractivity contribution in [2.24, 2.45) is 5.92 Å². The normalized spacial score (nSPS) is 19.1. The van der Waals surface area contributed by atoms with E-state index in [9.17, 15) is 13.2 Å². The quantitative estimate of drug-likeness (QED) is 0.671. The van der Waals surface area contributed by atoms with E-state index in [2.05, 4.69) is 0 Å². The fourth-order valence-corrected chi connectivity index (χ4v) is 3.70. The maximum absolute atomic E-state index is 13.1. The Hall–Kier alpha value is -2.34. The van der Waals surface area contributed by atoms with E-state index in [1.54, 1.807) is 0 Å². The molecule has 1 aliphatic rings. The maximum atomic E-state index is 13.1. The van der Waals surface area contributed by atoms with Crippen molar-refractivity contribution in [2.45, 2.75) is 25.6 Å². The standard InChI is InChI=1S/C20H20F3N3/c21-20(22,23)16-9-6-11-25(13-16)14-17-19(15-7-2-1-3-8-15)24-18-10-4-5-12-26(17)18/h1-5,7-8,10,12,16H,6,9,11,13-14H2. The number of piperidine rings is 1. The molecule has 4 rings (SSSR count). The summed E-state index contributed by atoms with van der Waals surface area (Å²) >= 11 is 0. The van der Waals surface area contributed by atoms with Crippen LogP contribution >= 0.6 is 0 Å². The number of halogens is 3. The van der Waals surface area contributed by atoms with E-state index in [1.807, 2.05) is 64.0 Å². The van der Waals surface area contributed by atoms with E-state index >= 15 is 0 Å². The van der Waals surface area contributed by atoms with E-state index < -0.39 is 12.1 Å². The Balaban J connectivity index is 1.69. The van der Waals surface area contributed by atoms with Gasteiger partial charge in [0.15, 0.2) is 0 Å². The predicted octanol–water partition coefficient (Wildman–Crippen LogP) is 4.78. The molecule has 0 aliphatic carbocycles. The summed E-state index contributed by atoms with van der Waals surface area (Å²) < 4.78 is 41.4. The highest BCUT2D eigenvalue weighted by Gasteiger charge is 2.41. The molecule has 0 saturated carbocycles. The summed E-state index contributed by atoms with van der Waals surface area (Å²) in [6, 6.07) is 15.6. The number of likely N-dealkylation sites (tertiary alicyclic amines) is 1. The molecule has 0 N–H and O–H groups in total. The van der Waals surface area contributed by atoms with Crippen LogP contribution in [0.5, 0.6) is 0 Å². The minimum Gasteiger partial charge on any atom is -0.302 e. The number of aromatic nitrogens is 2. The summed E-state index contributed by atoms with van der Waals surface area (Å²) in [5.74, 6) is -1.24. The molecule has 1 fully saturated rings. The van der Waals surface area contributed by atoms with Gasteiger partial charge in [-0.15, -0.1) is 0 Å². The lowest BCUT2D eigenvalue weighted by Gasteiger charge is -2.33. The molecule has 1 saturated heterocycles. The van der Waals surface area contributed by atoms with E-state index in [4.69, 9.17) is 4.98 Å². The summed E-state index contributed by atoms with van der Waals surface area (Å²) in [6.45, 7) is 1.20. The Morgan fingerprint density at radius 2 is 1.81 bits per heavy atom. The van der Waals surface area contributed by atoms with Crippen LogP contribution in [-0.4, -0.2) is 33.6 Å². The Bertz CT molecular complexity index is 886. The van der Waals surface area contributed by atoms with Gasteiger partial charge in [0, 0.05) is 24.8 Å². The Labute approximate surface area is 150 Å². The molecule has 3 nitrogen and oxygen atoms in total. The third kappa shape index (κ3) is 3.33. The van der Waals surface area contributed by atoms with Crippen LogP contribution in [-0.2, 0) is 6.54 Å². The fourth-order valence-electron chi connectivity index (χ4n) is 3.70. The molecule has 1 aromatic carbocycles. The lowest BCUT2D eigenvalue weighted by atomic mass is 9.97. The van der Waals surface area contributed by atoms with E-state index in [1.165, 1.54) is 0 Å². The highest BCUT2D eigenvalue weighted by Crippen LogP contribution is 2.34. The van der Waals surface area contributed by atoms with Gasteiger partial charge in [-0.3, -0.25) is 4.90 Å². The molecule has 136 valence electrons. The third-order valence-corrected chi connectivity index (χ3v) is 5.02. The first kappa shape index (κ1) is 17.1. The van der Waals surface area contributed by atoms with Crippen molar-refractivity contribution in [3.63, 3.8) is 0 Å². The Morgan fingerprint density at radius 1 is 1.04 bits per heavy atom. The molecule has 1 atom stereocenters. The third-order valence-electron chi connectivity index (χ3n) is 5.02. The second-order valence-electron chi connectivity index (χ2n) is 6.82. The van der Waals surface area contributed by atoms with E-state index in [0.717, 1.165) is 22.6 Å².